The maximum atomic E-state index is 11.8. The third-order valence-electron chi connectivity index (χ3n) is 3.11. The number of phenolic OH excluding ortho intramolecular Hbond substituents is 1. The van der Waals surface area contributed by atoms with Crippen LogP contribution >= 0.6 is 0 Å². The van der Waals surface area contributed by atoms with Crippen molar-refractivity contribution in [2.75, 3.05) is 13.1 Å². The molecule has 1 aromatic carbocycles. The largest absolute Gasteiger partial charge is 0.508 e. The van der Waals surface area contributed by atoms with E-state index in [2.05, 4.69) is 10.6 Å². The van der Waals surface area contributed by atoms with Crippen molar-refractivity contribution in [1.29, 1.82) is 0 Å². The lowest BCUT2D eigenvalue weighted by Gasteiger charge is -2.07. The summed E-state index contributed by atoms with van der Waals surface area (Å²) in [6.45, 7) is 3.42. The number of aromatic hydroxyl groups is 1. The third kappa shape index (κ3) is 3.74. The summed E-state index contributed by atoms with van der Waals surface area (Å²) in [7, 11) is 0. The summed E-state index contributed by atoms with van der Waals surface area (Å²) < 4.78 is 0. The highest BCUT2D eigenvalue weighted by Gasteiger charge is 2.19. The van der Waals surface area contributed by atoms with E-state index in [0.717, 1.165) is 24.6 Å². The molecule has 4 nitrogen and oxygen atoms in total. The number of benzene rings is 1. The molecule has 18 heavy (non-hydrogen) atoms. The van der Waals surface area contributed by atoms with Gasteiger partial charge >= 0.3 is 0 Å². The fourth-order valence-corrected chi connectivity index (χ4v) is 1.78. The molecule has 0 atom stereocenters. The van der Waals surface area contributed by atoms with E-state index in [0.29, 0.717) is 12.1 Å². The van der Waals surface area contributed by atoms with Gasteiger partial charge in [0, 0.05) is 18.2 Å². The van der Waals surface area contributed by atoms with Gasteiger partial charge in [-0.15, -0.1) is 0 Å². The second kappa shape index (κ2) is 5.87. The maximum Gasteiger partial charge on any atom is 0.251 e. The fourth-order valence-electron chi connectivity index (χ4n) is 1.78. The number of nitrogens with one attached hydrogen (secondary N) is 2. The van der Waals surface area contributed by atoms with E-state index in [1.807, 2.05) is 0 Å². The van der Waals surface area contributed by atoms with Gasteiger partial charge in [0.05, 0.1) is 0 Å². The highest BCUT2D eigenvalue weighted by Crippen LogP contribution is 2.18. The Kier molecular flexibility index (Phi) is 4.20. The molecular formula is C14H20N2O2. The molecule has 1 aromatic rings. The molecule has 1 aliphatic carbocycles. The number of carbonyl (C=O) groups is 1. The molecule has 0 saturated heterocycles. The first kappa shape index (κ1) is 12.9. The number of hydrogen-bond donors (Lipinski definition) is 3. The van der Waals surface area contributed by atoms with Gasteiger partial charge in [-0.05, 0) is 56.5 Å². The van der Waals surface area contributed by atoms with E-state index in [4.69, 9.17) is 0 Å². The van der Waals surface area contributed by atoms with Crippen LogP contribution < -0.4 is 10.6 Å². The quantitative estimate of drug-likeness (QED) is 0.670. The number of hydrogen-bond acceptors (Lipinski definition) is 3. The Bertz CT molecular complexity index is 428. The maximum absolute atomic E-state index is 11.8. The fraction of sp³-hybridized carbons (Fsp3) is 0.500. The van der Waals surface area contributed by atoms with Crippen LogP contribution in [0.5, 0.6) is 5.75 Å². The van der Waals surface area contributed by atoms with Gasteiger partial charge in [0.25, 0.3) is 5.91 Å². The van der Waals surface area contributed by atoms with E-state index in [9.17, 15) is 9.90 Å². The standard InChI is InChI=1S/C14H20N2O2/c1-10-9-11(3-6-13(10)17)14(18)16-8-2-7-15-12-4-5-12/h3,6,9,12,15,17H,2,4-5,7-8H2,1H3,(H,16,18). The van der Waals surface area contributed by atoms with Crippen LogP contribution in [-0.2, 0) is 0 Å². The van der Waals surface area contributed by atoms with Crippen LogP contribution in [0, 0.1) is 6.92 Å². The number of carbonyl (C=O) groups excluding carboxylic acids is 1. The number of aryl methyl sites for hydroxylation is 1. The van der Waals surface area contributed by atoms with Gasteiger partial charge in [-0.1, -0.05) is 0 Å². The summed E-state index contributed by atoms with van der Waals surface area (Å²) in [5.74, 6) is 0.143. The second-order valence-electron chi connectivity index (χ2n) is 4.84. The Morgan fingerprint density at radius 2 is 2.17 bits per heavy atom. The highest BCUT2D eigenvalue weighted by molar-refractivity contribution is 5.94. The van der Waals surface area contributed by atoms with Crippen molar-refractivity contribution < 1.29 is 9.90 Å². The van der Waals surface area contributed by atoms with Crippen LogP contribution in [0.25, 0.3) is 0 Å². The molecule has 2 rings (SSSR count). The topological polar surface area (TPSA) is 61.4 Å². The molecule has 0 aliphatic heterocycles. The second-order valence-corrected chi connectivity index (χ2v) is 4.84. The minimum Gasteiger partial charge on any atom is -0.508 e. The van der Waals surface area contributed by atoms with Gasteiger partial charge in [0.1, 0.15) is 5.75 Å². The number of phenols is 1. The Morgan fingerprint density at radius 3 is 2.83 bits per heavy atom. The number of amides is 1. The van der Waals surface area contributed by atoms with Crippen molar-refractivity contribution in [1.82, 2.24) is 10.6 Å². The average molecular weight is 248 g/mol. The average Bonchev–Trinajstić information content (AvgIpc) is 3.16. The minimum atomic E-state index is -0.0791. The van der Waals surface area contributed by atoms with E-state index in [1.165, 1.54) is 12.8 Å². The highest BCUT2D eigenvalue weighted by atomic mass is 16.3. The zero-order valence-electron chi connectivity index (χ0n) is 10.7. The van der Waals surface area contributed by atoms with Crippen molar-refractivity contribution in [2.24, 2.45) is 0 Å². The molecule has 3 N–H and O–H groups in total. The first-order chi connectivity index (χ1) is 8.66. The molecule has 0 bridgehead atoms. The number of rotatable bonds is 6. The molecule has 1 aliphatic rings. The van der Waals surface area contributed by atoms with Crippen LogP contribution in [0.15, 0.2) is 18.2 Å². The Morgan fingerprint density at radius 1 is 1.39 bits per heavy atom. The van der Waals surface area contributed by atoms with Crippen LogP contribution in [0.1, 0.15) is 35.2 Å². The minimum absolute atomic E-state index is 0.0791. The third-order valence-corrected chi connectivity index (χ3v) is 3.11. The van der Waals surface area contributed by atoms with Gasteiger partial charge in [0.15, 0.2) is 0 Å². The first-order valence-corrected chi connectivity index (χ1v) is 6.48. The van der Waals surface area contributed by atoms with Crippen LogP contribution in [0.3, 0.4) is 0 Å². The lowest BCUT2D eigenvalue weighted by atomic mass is 10.1. The molecule has 0 heterocycles. The molecule has 0 radical (unpaired) electrons. The van der Waals surface area contributed by atoms with Gasteiger partial charge < -0.3 is 15.7 Å². The zero-order chi connectivity index (χ0) is 13.0. The Balaban J connectivity index is 1.70. The lowest BCUT2D eigenvalue weighted by molar-refractivity contribution is 0.0953. The van der Waals surface area contributed by atoms with Crippen molar-refractivity contribution in [3.05, 3.63) is 29.3 Å². The summed E-state index contributed by atoms with van der Waals surface area (Å²) in [5, 5.41) is 15.7. The zero-order valence-corrected chi connectivity index (χ0v) is 10.7. The molecule has 0 aromatic heterocycles. The smallest absolute Gasteiger partial charge is 0.251 e. The molecule has 0 spiro atoms. The molecule has 1 saturated carbocycles. The molecule has 4 heteroatoms. The summed E-state index contributed by atoms with van der Waals surface area (Å²) in [6.07, 6.45) is 3.53. The SMILES string of the molecule is Cc1cc(C(=O)NCCCNC2CC2)ccc1O. The predicted octanol–water partition coefficient (Wildman–Crippen LogP) is 1.57. The van der Waals surface area contributed by atoms with Crippen molar-refractivity contribution in [2.45, 2.75) is 32.2 Å². The summed E-state index contributed by atoms with van der Waals surface area (Å²) in [5.41, 5.74) is 1.32. The van der Waals surface area contributed by atoms with Crippen molar-refractivity contribution in [3.8, 4) is 5.75 Å². The van der Waals surface area contributed by atoms with Crippen LogP contribution in [0.4, 0.5) is 0 Å². The summed E-state index contributed by atoms with van der Waals surface area (Å²) >= 11 is 0. The molecular weight excluding hydrogens is 228 g/mol. The molecule has 0 unspecified atom stereocenters. The van der Waals surface area contributed by atoms with Crippen molar-refractivity contribution >= 4 is 5.91 Å². The van der Waals surface area contributed by atoms with E-state index in [1.54, 1.807) is 25.1 Å². The summed E-state index contributed by atoms with van der Waals surface area (Å²) in [6, 6.07) is 5.62. The Labute approximate surface area is 107 Å². The predicted molar refractivity (Wildman–Crippen MR) is 70.8 cm³/mol. The monoisotopic (exact) mass is 248 g/mol. The lowest BCUT2D eigenvalue weighted by Crippen LogP contribution is -2.27. The van der Waals surface area contributed by atoms with Crippen LogP contribution in [0.2, 0.25) is 0 Å². The van der Waals surface area contributed by atoms with Gasteiger partial charge in [0.2, 0.25) is 0 Å². The van der Waals surface area contributed by atoms with Crippen molar-refractivity contribution in [3.63, 3.8) is 0 Å². The van der Waals surface area contributed by atoms with E-state index in [-0.39, 0.29) is 11.7 Å². The van der Waals surface area contributed by atoms with E-state index >= 15 is 0 Å². The van der Waals surface area contributed by atoms with Gasteiger partial charge in [-0.25, -0.2) is 0 Å². The molecule has 98 valence electrons. The first-order valence-electron chi connectivity index (χ1n) is 6.48. The van der Waals surface area contributed by atoms with Gasteiger partial charge in [-0.2, -0.15) is 0 Å². The normalized spacial score (nSPS) is 14.5. The molecule has 1 amide bonds. The summed E-state index contributed by atoms with van der Waals surface area (Å²) in [4.78, 5) is 11.8. The Hall–Kier alpha value is -1.55. The van der Waals surface area contributed by atoms with Gasteiger partial charge in [-0.3, -0.25) is 4.79 Å². The van der Waals surface area contributed by atoms with Crippen LogP contribution in [-0.4, -0.2) is 30.1 Å². The van der Waals surface area contributed by atoms with E-state index < -0.39 is 0 Å². The molecule has 1 fully saturated rings.